The molecule has 5 aromatic rings. The zero-order chi connectivity index (χ0) is 27.2. The van der Waals surface area contributed by atoms with Crippen LogP contribution in [-0.2, 0) is 10.0 Å². The van der Waals surface area contributed by atoms with Crippen LogP contribution < -0.4 is 15.2 Å². The molecule has 0 aliphatic carbocycles. The Labute approximate surface area is 227 Å². The molecule has 0 spiro atoms. The predicted octanol–water partition coefficient (Wildman–Crippen LogP) is 5.34. The number of fused-ring (bicyclic) bond motifs is 1. The molecule has 0 atom stereocenters. The Kier molecular flexibility index (Phi) is 6.51. The highest BCUT2D eigenvalue weighted by molar-refractivity contribution is 7.92. The average Bonchev–Trinajstić information content (AvgIpc) is 3.43. The fourth-order valence-corrected chi connectivity index (χ4v) is 4.88. The van der Waals surface area contributed by atoms with Crippen LogP contribution in [0.5, 0.6) is 11.6 Å². The van der Waals surface area contributed by atoms with Crippen molar-refractivity contribution in [3.63, 3.8) is 0 Å². The Morgan fingerprint density at radius 1 is 1.11 bits per heavy atom. The van der Waals surface area contributed by atoms with E-state index in [0.29, 0.717) is 33.2 Å². The van der Waals surface area contributed by atoms with Gasteiger partial charge in [-0.05, 0) is 42.8 Å². The van der Waals surface area contributed by atoms with Gasteiger partial charge in [-0.25, -0.2) is 18.1 Å². The van der Waals surface area contributed by atoms with Gasteiger partial charge in [0.2, 0.25) is 21.7 Å². The zero-order valence-corrected chi connectivity index (χ0v) is 22.3. The quantitative estimate of drug-likeness (QED) is 0.224. The first-order valence-corrected chi connectivity index (χ1v) is 13.7. The van der Waals surface area contributed by atoms with Gasteiger partial charge in [-0.2, -0.15) is 5.10 Å². The molecule has 0 bridgehead atoms. The van der Waals surface area contributed by atoms with Crippen molar-refractivity contribution in [1.29, 1.82) is 0 Å². The Balaban J connectivity index is 1.43. The molecule has 10 nitrogen and oxygen atoms in total. The number of halogens is 2. The summed E-state index contributed by atoms with van der Waals surface area (Å²) in [7, 11) is -3.54. The summed E-state index contributed by atoms with van der Waals surface area (Å²) >= 11 is 12.4. The Bertz CT molecular complexity index is 1830. The van der Waals surface area contributed by atoms with Gasteiger partial charge in [0, 0.05) is 17.0 Å². The number of aromatic nitrogens is 4. The van der Waals surface area contributed by atoms with Crippen LogP contribution in [0.25, 0.3) is 16.6 Å². The molecule has 0 aliphatic heterocycles. The molecule has 13 heteroatoms. The third-order valence-electron chi connectivity index (χ3n) is 5.64. The van der Waals surface area contributed by atoms with Gasteiger partial charge in [0.1, 0.15) is 11.6 Å². The minimum Gasteiger partial charge on any atom is -0.437 e. The number of ketones is 1. The SMILES string of the molecule is Cc1cc(Oc2ccccc2Cl)ncc1-n1ncc(C(=O)c2cc3cc(Cl)c(NS(C)(=O)=O)cc3[nH]2)c1N. The molecule has 0 unspecified atom stereocenters. The van der Waals surface area contributed by atoms with Crippen LogP contribution in [0, 0.1) is 6.92 Å². The minimum atomic E-state index is -3.54. The number of pyridine rings is 1. The second-order valence-corrected chi connectivity index (χ2v) is 11.1. The number of aryl methyl sites for hydroxylation is 1. The number of ether oxygens (including phenoxy) is 1. The van der Waals surface area contributed by atoms with Crippen molar-refractivity contribution in [2.24, 2.45) is 0 Å². The molecular weight excluding hydrogens is 551 g/mol. The Hall–Kier alpha value is -4.06. The Morgan fingerprint density at radius 2 is 1.87 bits per heavy atom. The normalized spacial score (nSPS) is 11.6. The van der Waals surface area contributed by atoms with Crippen LogP contribution in [0.2, 0.25) is 10.0 Å². The third kappa shape index (κ3) is 5.03. The number of carbonyl (C=O) groups excluding carboxylic acids is 1. The van der Waals surface area contributed by atoms with Gasteiger partial charge in [0.05, 0.1) is 51.3 Å². The first-order valence-electron chi connectivity index (χ1n) is 11.1. The van der Waals surface area contributed by atoms with E-state index in [1.165, 1.54) is 16.9 Å². The molecular formula is C25H20Cl2N6O4S. The van der Waals surface area contributed by atoms with Crippen molar-refractivity contribution < 1.29 is 17.9 Å². The summed E-state index contributed by atoms with van der Waals surface area (Å²) in [5.74, 6) is 0.528. The number of rotatable bonds is 7. The van der Waals surface area contributed by atoms with Crippen molar-refractivity contribution in [2.75, 3.05) is 16.7 Å². The highest BCUT2D eigenvalue weighted by atomic mass is 35.5. The van der Waals surface area contributed by atoms with Crippen LogP contribution in [0.1, 0.15) is 21.6 Å². The summed E-state index contributed by atoms with van der Waals surface area (Å²) in [6, 6.07) is 13.5. The lowest BCUT2D eigenvalue weighted by Crippen LogP contribution is -2.09. The van der Waals surface area contributed by atoms with Crippen LogP contribution in [0.15, 0.2) is 60.9 Å². The number of nitrogens with zero attached hydrogens (tertiary/aromatic N) is 3. The fraction of sp³-hybridized carbons (Fsp3) is 0.0800. The lowest BCUT2D eigenvalue weighted by molar-refractivity contribution is 0.103. The Morgan fingerprint density at radius 3 is 2.58 bits per heavy atom. The van der Waals surface area contributed by atoms with E-state index in [-0.39, 0.29) is 27.8 Å². The monoisotopic (exact) mass is 570 g/mol. The molecule has 0 amide bonds. The standard InChI is InChI=1S/C25H20Cl2N6O4S/c1-13-7-23(37-22-6-4-3-5-16(22)26)29-12-21(13)33-25(28)15(11-30-33)24(34)20-9-14-8-17(27)19(10-18(14)31-20)32-38(2,35)36/h3-12,31-32H,28H2,1-2H3. The van der Waals surface area contributed by atoms with Crippen molar-refractivity contribution in [1.82, 2.24) is 19.7 Å². The molecule has 0 saturated heterocycles. The van der Waals surface area contributed by atoms with E-state index in [2.05, 4.69) is 19.8 Å². The summed E-state index contributed by atoms with van der Waals surface area (Å²) in [5, 5.41) is 5.57. The van der Waals surface area contributed by atoms with E-state index in [0.717, 1.165) is 11.8 Å². The molecule has 3 heterocycles. The number of nitrogens with one attached hydrogen (secondary N) is 2. The fourth-order valence-electron chi connectivity index (χ4n) is 3.86. The van der Waals surface area contributed by atoms with E-state index < -0.39 is 15.8 Å². The number of benzene rings is 2. The predicted molar refractivity (Wildman–Crippen MR) is 147 cm³/mol. The van der Waals surface area contributed by atoms with Crippen LogP contribution in [0.3, 0.4) is 0 Å². The van der Waals surface area contributed by atoms with Crippen molar-refractivity contribution in [3.8, 4) is 17.3 Å². The number of hydrogen-bond donors (Lipinski definition) is 3. The molecule has 194 valence electrons. The number of aromatic amines is 1. The molecule has 0 saturated carbocycles. The molecule has 0 aliphatic rings. The molecule has 38 heavy (non-hydrogen) atoms. The summed E-state index contributed by atoms with van der Waals surface area (Å²) in [5.41, 5.74) is 8.76. The topological polar surface area (TPSA) is 145 Å². The lowest BCUT2D eigenvalue weighted by Gasteiger charge is -2.11. The van der Waals surface area contributed by atoms with Crippen molar-refractivity contribution in [2.45, 2.75) is 6.92 Å². The smallest absolute Gasteiger partial charge is 0.229 e. The molecule has 5 rings (SSSR count). The van der Waals surface area contributed by atoms with E-state index in [1.807, 2.05) is 6.92 Å². The molecule has 0 radical (unpaired) electrons. The first kappa shape index (κ1) is 25.6. The summed E-state index contributed by atoms with van der Waals surface area (Å²) in [4.78, 5) is 20.6. The second-order valence-electron chi connectivity index (χ2n) is 8.50. The van der Waals surface area contributed by atoms with E-state index in [4.69, 9.17) is 33.7 Å². The maximum atomic E-state index is 13.3. The van der Waals surface area contributed by atoms with Gasteiger partial charge in [-0.1, -0.05) is 35.3 Å². The lowest BCUT2D eigenvalue weighted by atomic mass is 10.1. The summed E-state index contributed by atoms with van der Waals surface area (Å²) in [6.45, 7) is 1.84. The molecule has 4 N–H and O–H groups in total. The maximum absolute atomic E-state index is 13.3. The number of carbonyl (C=O) groups is 1. The summed E-state index contributed by atoms with van der Waals surface area (Å²) in [6.07, 6.45) is 3.94. The number of anilines is 2. The second kappa shape index (κ2) is 9.67. The van der Waals surface area contributed by atoms with Gasteiger partial charge in [-0.3, -0.25) is 9.52 Å². The van der Waals surface area contributed by atoms with E-state index in [1.54, 1.807) is 48.7 Å². The van der Waals surface area contributed by atoms with Gasteiger partial charge in [0.15, 0.2) is 0 Å². The van der Waals surface area contributed by atoms with Gasteiger partial charge in [0.25, 0.3) is 0 Å². The van der Waals surface area contributed by atoms with Gasteiger partial charge in [-0.15, -0.1) is 0 Å². The average molecular weight is 571 g/mol. The third-order valence-corrected chi connectivity index (χ3v) is 6.85. The number of sulfonamides is 1. The largest absolute Gasteiger partial charge is 0.437 e. The zero-order valence-electron chi connectivity index (χ0n) is 20.0. The van der Waals surface area contributed by atoms with Crippen molar-refractivity contribution in [3.05, 3.63) is 87.8 Å². The van der Waals surface area contributed by atoms with Gasteiger partial charge < -0.3 is 15.5 Å². The maximum Gasteiger partial charge on any atom is 0.229 e. The molecule has 0 fully saturated rings. The van der Waals surface area contributed by atoms with Gasteiger partial charge >= 0.3 is 0 Å². The van der Waals surface area contributed by atoms with Crippen LogP contribution in [0.4, 0.5) is 11.5 Å². The summed E-state index contributed by atoms with van der Waals surface area (Å²) < 4.78 is 32.8. The number of hydrogen-bond acceptors (Lipinski definition) is 7. The number of nitrogens with two attached hydrogens (primary N) is 1. The van der Waals surface area contributed by atoms with Crippen LogP contribution >= 0.6 is 23.2 Å². The van der Waals surface area contributed by atoms with Crippen molar-refractivity contribution >= 4 is 61.4 Å². The van der Waals surface area contributed by atoms with E-state index in [9.17, 15) is 13.2 Å². The van der Waals surface area contributed by atoms with Crippen LogP contribution in [-0.4, -0.2) is 40.2 Å². The molecule has 3 aromatic heterocycles. The molecule has 2 aromatic carbocycles. The first-order chi connectivity index (χ1) is 18.0. The van der Waals surface area contributed by atoms with E-state index >= 15 is 0 Å². The number of para-hydroxylation sites is 1. The minimum absolute atomic E-state index is 0.121. The highest BCUT2D eigenvalue weighted by Crippen LogP contribution is 2.32. The number of nitrogen functional groups attached to an aromatic ring is 1. The highest BCUT2D eigenvalue weighted by Gasteiger charge is 2.21. The number of H-pyrrole nitrogens is 1.